The van der Waals surface area contributed by atoms with Crippen LogP contribution in [0.2, 0.25) is 0 Å². The molecule has 0 aliphatic heterocycles. The summed E-state index contributed by atoms with van der Waals surface area (Å²) in [6, 6.07) is 24.4. The Kier molecular flexibility index (Phi) is 6.90. The second-order valence-electron chi connectivity index (χ2n) is 6.06. The molecule has 1 N–H and O–H groups in total. The van der Waals surface area contributed by atoms with Gasteiger partial charge in [-0.05, 0) is 35.9 Å². The number of hydrogen-bond acceptors (Lipinski definition) is 4. The number of ether oxygens (including phenoxy) is 3. The highest BCUT2D eigenvalue weighted by Gasteiger charge is 2.07. The molecule has 0 heterocycles. The van der Waals surface area contributed by atoms with Crippen molar-refractivity contribution < 1.29 is 19.0 Å². The van der Waals surface area contributed by atoms with E-state index in [1.54, 1.807) is 25.3 Å². The van der Waals surface area contributed by atoms with Crippen LogP contribution in [0.3, 0.4) is 0 Å². The van der Waals surface area contributed by atoms with E-state index in [9.17, 15) is 4.79 Å². The molecule has 5 heteroatoms. The van der Waals surface area contributed by atoms with Crippen LogP contribution >= 0.6 is 0 Å². The van der Waals surface area contributed by atoms with Crippen molar-refractivity contribution in [3.05, 3.63) is 90.0 Å². The normalized spacial score (nSPS) is 10.2. The third kappa shape index (κ3) is 5.51. The SMILES string of the molecule is COc1ccccc1OCCNC(=O)c1cccc(OCc2ccccc2)c1. The second-order valence-corrected chi connectivity index (χ2v) is 6.06. The van der Waals surface area contributed by atoms with Crippen LogP contribution in [-0.4, -0.2) is 26.2 Å². The van der Waals surface area contributed by atoms with Crippen molar-refractivity contribution in [3.63, 3.8) is 0 Å². The van der Waals surface area contributed by atoms with Gasteiger partial charge >= 0.3 is 0 Å². The maximum absolute atomic E-state index is 12.4. The number of hydrogen-bond donors (Lipinski definition) is 1. The molecular weight excluding hydrogens is 354 g/mol. The molecule has 3 aromatic carbocycles. The van der Waals surface area contributed by atoms with Crippen LogP contribution in [0.1, 0.15) is 15.9 Å². The highest BCUT2D eigenvalue weighted by molar-refractivity contribution is 5.94. The summed E-state index contributed by atoms with van der Waals surface area (Å²) in [6.45, 7) is 1.18. The van der Waals surface area contributed by atoms with Gasteiger partial charge in [0.15, 0.2) is 11.5 Å². The molecule has 0 fully saturated rings. The van der Waals surface area contributed by atoms with Gasteiger partial charge in [0.1, 0.15) is 19.0 Å². The quantitative estimate of drug-likeness (QED) is 0.571. The van der Waals surface area contributed by atoms with E-state index >= 15 is 0 Å². The molecule has 0 spiro atoms. The lowest BCUT2D eigenvalue weighted by molar-refractivity contribution is 0.0946. The number of carbonyl (C=O) groups is 1. The predicted molar refractivity (Wildman–Crippen MR) is 108 cm³/mol. The third-order valence-electron chi connectivity index (χ3n) is 4.06. The Hall–Kier alpha value is -3.47. The standard InChI is InChI=1S/C23H23NO4/c1-26-21-12-5-6-13-22(21)27-15-14-24-23(25)19-10-7-11-20(16-19)28-17-18-8-3-2-4-9-18/h2-13,16H,14-15,17H2,1H3,(H,24,25). The monoisotopic (exact) mass is 377 g/mol. The molecule has 28 heavy (non-hydrogen) atoms. The smallest absolute Gasteiger partial charge is 0.251 e. The first-order valence-corrected chi connectivity index (χ1v) is 9.07. The van der Waals surface area contributed by atoms with E-state index in [0.29, 0.717) is 42.6 Å². The average molecular weight is 377 g/mol. The summed E-state index contributed by atoms with van der Waals surface area (Å²) in [7, 11) is 1.59. The fourth-order valence-electron chi connectivity index (χ4n) is 2.63. The second kappa shape index (κ2) is 10.0. The lowest BCUT2D eigenvalue weighted by Gasteiger charge is -2.11. The van der Waals surface area contributed by atoms with Crippen molar-refractivity contribution in [2.24, 2.45) is 0 Å². The molecule has 0 saturated heterocycles. The number of nitrogens with one attached hydrogen (secondary N) is 1. The Morgan fingerprint density at radius 3 is 2.39 bits per heavy atom. The highest BCUT2D eigenvalue weighted by Crippen LogP contribution is 2.25. The third-order valence-corrected chi connectivity index (χ3v) is 4.06. The molecule has 3 rings (SSSR count). The minimum atomic E-state index is -0.172. The van der Waals surface area contributed by atoms with Crippen LogP contribution in [0.5, 0.6) is 17.2 Å². The van der Waals surface area contributed by atoms with Gasteiger partial charge < -0.3 is 19.5 Å². The zero-order chi connectivity index (χ0) is 19.6. The van der Waals surface area contributed by atoms with Gasteiger partial charge in [0.05, 0.1) is 13.7 Å². The molecule has 0 radical (unpaired) electrons. The minimum absolute atomic E-state index is 0.172. The van der Waals surface area contributed by atoms with Crippen LogP contribution in [0.4, 0.5) is 0 Å². The summed E-state index contributed by atoms with van der Waals surface area (Å²) in [4.78, 5) is 12.4. The van der Waals surface area contributed by atoms with Crippen LogP contribution in [-0.2, 0) is 6.61 Å². The molecule has 1 amide bonds. The van der Waals surface area contributed by atoms with Gasteiger partial charge in [-0.1, -0.05) is 48.5 Å². The topological polar surface area (TPSA) is 56.8 Å². The van der Waals surface area contributed by atoms with Gasteiger partial charge in [0.25, 0.3) is 5.91 Å². The van der Waals surface area contributed by atoms with Gasteiger partial charge in [-0.2, -0.15) is 0 Å². The van der Waals surface area contributed by atoms with E-state index in [0.717, 1.165) is 5.56 Å². The van der Waals surface area contributed by atoms with Crippen molar-refractivity contribution in [1.29, 1.82) is 0 Å². The van der Waals surface area contributed by atoms with E-state index in [-0.39, 0.29) is 5.91 Å². The van der Waals surface area contributed by atoms with Crippen LogP contribution in [0.15, 0.2) is 78.9 Å². The first kappa shape index (κ1) is 19.3. The lowest BCUT2D eigenvalue weighted by Crippen LogP contribution is -2.28. The van der Waals surface area contributed by atoms with Crippen LogP contribution in [0, 0.1) is 0 Å². The van der Waals surface area contributed by atoms with Gasteiger partial charge in [-0.3, -0.25) is 4.79 Å². The number of benzene rings is 3. The zero-order valence-corrected chi connectivity index (χ0v) is 15.8. The Labute approximate surface area is 164 Å². The van der Waals surface area contributed by atoms with Crippen molar-refractivity contribution in [1.82, 2.24) is 5.32 Å². The van der Waals surface area contributed by atoms with Gasteiger partial charge in [0, 0.05) is 5.56 Å². The predicted octanol–water partition coefficient (Wildman–Crippen LogP) is 4.08. The first-order valence-electron chi connectivity index (χ1n) is 9.07. The molecule has 0 saturated carbocycles. The zero-order valence-electron chi connectivity index (χ0n) is 15.8. The Morgan fingerprint density at radius 1 is 0.857 bits per heavy atom. The van der Waals surface area contributed by atoms with E-state index in [2.05, 4.69) is 5.32 Å². The first-order chi connectivity index (χ1) is 13.8. The summed E-state index contributed by atoms with van der Waals surface area (Å²) in [5.41, 5.74) is 1.62. The number of amides is 1. The molecule has 0 aromatic heterocycles. The van der Waals surface area contributed by atoms with Crippen molar-refractivity contribution in [2.45, 2.75) is 6.61 Å². The van der Waals surface area contributed by atoms with Gasteiger partial charge in [-0.15, -0.1) is 0 Å². The molecule has 0 unspecified atom stereocenters. The minimum Gasteiger partial charge on any atom is -0.493 e. The molecule has 0 aliphatic rings. The fraction of sp³-hybridized carbons (Fsp3) is 0.174. The highest BCUT2D eigenvalue weighted by atomic mass is 16.5. The molecule has 0 atom stereocenters. The summed E-state index contributed by atoms with van der Waals surface area (Å²) in [5.74, 6) is 1.79. The Balaban J connectivity index is 1.47. The molecule has 144 valence electrons. The average Bonchev–Trinajstić information content (AvgIpc) is 2.76. The van der Waals surface area contributed by atoms with Crippen molar-refractivity contribution >= 4 is 5.91 Å². The van der Waals surface area contributed by atoms with Gasteiger partial charge in [0.2, 0.25) is 0 Å². The number of carbonyl (C=O) groups excluding carboxylic acids is 1. The maximum atomic E-state index is 12.4. The number of para-hydroxylation sites is 2. The fourth-order valence-corrected chi connectivity index (χ4v) is 2.63. The van der Waals surface area contributed by atoms with Crippen LogP contribution < -0.4 is 19.5 Å². The van der Waals surface area contributed by atoms with Gasteiger partial charge in [-0.25, -0.2) is 0 Å². The summed E-state index contributed by atoms with van der Waals surface area (Å²) in [5, 5.41) is 2.85. The lowest BCUT2D eigenvalue weighted by atomic mass is 10.2. The van der Waals surface area contributed by atoms with Crippen molar-refractivity contribution in [2.75, 3.05) is 20.3 Å². The van der Waals surface area contributed by atoms with E-state index in [1.165, 1.54) is 0 Å². The van der Waals surface area contributed by atoms with E-state index in [1.807, 2.05) is 60.7 Å². The number of methoxy groups -OCH3 is 1. The number of rotatable bonds is 9. The van der Waals surface area contributed by atoms with E-state index < -0.39 is 0 Å². The molecule has 0 bridgehead atoms. The maximum Gasteiger partial charge on any atom is 0.251 e. The largest absolute Gasteiger partial charge is 0.493 e. The molecule has 0 aliphatic carbocycles. The van der Waals surface area contributed by atoms with Crippen LogP contribution in [0.25, 0.3) is 0 Å². The molecular formula is C23H23NO4. The van der Waals surface area contributed by atoms with E-state index in [4.69, 9.17) is 14.2 Å². The Bertz CT molecular complexity index is 896. The van der Waals surface area contributed by atoms with Crippen molar-refractivity contribution in [3.8, 4) is 17.2 Å². The summed E-state index contributed by atoms with van der Waals surface area (Å²) < 4.78 is 16.7. The molecule has 5 nitrogen and oxygen atoms in total. The summed E-state index contributed by atoms with van der Waals surface area (Å²) in [6.07, 6.45) is 0. The molecule has 3 aromatic rings. The summed E-state index contributed by atoms with van der Waals surface area (Å²) >= 11 is 0. The Morgan fingerprint density at radius 2 is 1.61 bits per heavy atom.